The molecule has 24 heavy (non-hydrogen) atoms. The van der Waals surface area contributed by atoms with Gasteiger partial charge in [-0.05, 0) is 36.6 Å². The lowest BCUT2D eigenvalue weighted by molar-refractivity contribution is -0.123. The number of hydrogen-bond donors (Lipinski definition) is 0. The quantitative estimate of drug-likeness (QED) is 0.799. The van der Waals surface area contributed by atoms with E-state index in [2.05, 4.69) is 23.1 Å². The normalized spacial score (nSPS) is 21.2. The van der Waals surface area contributed by atoms with Crippen molar-refractivity contribution < 1.29 is 9.59 Å². The van der Waals surface area contributed by atoms with Crippen molar-refractivity contribution in [1.29, 1.82) is 0 Å². The summed E-state index contributed by atoms with van der Waals surface area (Å²) >= 11 is 0. The van der Waals surface area contributed by atoms with Crippen LogP contribution >= 0.6 is 0 Å². The summed E-state index contributed by atoms with van der Waals surface area (Å²) in [6.07, 6.45) is 1.20. The minimum Gasteiger partial charge on any atom is -0.287 e. The molecule has 0 unspecified atom stereocenters. The van der Waals surface area contributed by atoms with Crippen molar-refractivity contribution in [3.8, 4) is 0 Å². The van der Waals surface area contributed by atoms with Crippen LogP contribution in [0.5, 0.6) is 0 Å². The van der Waals surface area contributed by atoms with Crippen molar-refractivity contribution in [1.82, 2.24) is 4.90 Å². The lowest BCUT2D eigenvalue weighted by Gasteiger charge is -2.32. The molecule has 2 aromatic rings. The van der Waals surface area contributed by atoms with Gasteiger partial charge in [0.1, 0.15) is 0 Å². The molecular formula is C20H20N2O2. The molecule has 4 rings (SSSR count). The van der Waals surface area contributed by atoms with Crippen molar-refractivity contribution >= 4 is 17.5 Å². The summed E-state index contributed by atoms with van der Waals surface area (Å²) in [5.74, 6) is -0.198. The number of carbonyl (C=O) groups is 2. The molecular weight excluding hydrogens is 300 g/mol. The molecule has 0 bridgehead atoms. The van der Waals surface area contributed by atoms with E-state index in [1.165, 1.54) is 16.0 Å². The first-order valence-corrected chi connectivity index (χ1v) is 8.38. The Morgan fingerprint density at radius 1 is 0.958 bits per heavy atom. The Morgan fingerprint density at radius 2 is 1.67 bits per heavy atom. The van der Waals surface area contributed by atoms with Gasteiger partial charge >= 0.3 is 0 Å². The molecule has 2 aliphatic heterocycles. The Hall–Kier alpha value is -2.46. The summed E-state index contributed by atoms with van der Waals surface area (Å²) in [5, 5.41) is 0. The predicted octanol–water partition coefficient (Wildman–Crippen LogP) is 2.69. The second kappa shape index (κ2) is 5.87. The molecule has 4 heteroatoms. The van der Waals surface area contributed by atoms with Crippen LogP contribution in [-0.2, 0) is 22.6 Å². The van der Waals surface area contributed by atoms with Crippen LogP contribution < -0.4 is 4.90 Å². The van der Waals surface area contributed by atoms with E-state index in [1.54, 1.807) is 0 Å². The van der Waals surface area contributed by atoms with E-state index < -0.39 is 0 Å². The molecule has 1 fully saturated rings. The Bertz CT molecular complexity index is 798. The van der Waals surface area contributed by atoms with Crippen molar-refractivity contribution in [2.75, 3.05) is 11.4 Å². The number of aryl methyl sites for hydroxylation is 1. The highest BCUT2D eigenvalue weighted by atomic mass is 16.2. The fraction of sp³-hybridized carbons (Fsp3) is 0.300. The molecule has 0 saturated carbocycles. The highest BCUT2D eigenvalue weighted by Gasteiger charge is 2.43. The molecule has 4 nitrogen and oxygen atoms in total. The predicted molar refractivity (Wildman–Crippen MR) is 92.6 cm³/mol. The van der Waals surface area contributed by atoms with Crippen LogP contribution in [-0.4, -0.2) is 29.3 Å². The van der Waals surface area contributed by atoms with Gasteiger partial charge in [0.25, 0.3) is 5.91 Å². The maximum Gasteiger partial charge on any atom is 0.251 e. The third kappa shape index (κ3) is 2.53. The molecule has 1 saturated heterocycles. The van der Waals surface area contributed by atoms with Crippen molar-refractivity contribution in [3.05, 3.63) is 65.2 Å². The maximum atomic E-state index is 12.9. The van der Waals surface area contributed by atoms with Gasteiger partial charge in [0.05, 0.1) is 18.2 Å². The number of rotatable bonds is 2. The van der Waals surface area contributed by atoms with E-state index in [-0.39, 0.29) is 24.3 Å². The highest BCUT2D eigenvalue weighted by molar-refractivity contribution is 6.22. The minimum atomic E-state index is -0.341. The van der Waals surface area contributed by atoms with Gasteiger partial charge in [0.2, 0.25) is 5.91 Å². The number of imide groups is 1. The van der Waals surface area contributed by atoms with Crippen LogP contribution in [0.4, 0.5) is 5.69 Å². The summed E-state index contributed by atoms with van der Waals surface area (Å²) in [7, 11) is 0. The molecule has 122 valence electrons. The molecule has 2 aliphatic rings. The van der Waals surface area contributed by atoms with E-state index in [1.807, 2.05) is 37.3 Å². The first kappa shape index (κ1) is 15.1. The number of carbonyl (C=O) groups excluding carboxylic acids is 2. The lowest BCUT2D eigenvalue weighted by Crippen LogP contribution is -2.44. The monoisotopic (exact) mass is 320 g/mol. The molecule has 2 amide bonds. The van der Waals surface area contributed by atoms with Crippen molar-refractivity contribution in [2.45, 2.75) is 32.4 Å². The molecule has 0 N–H and O–H groups in total. The van der Waals surface area contributed by atoms with Gasteiger partial charge in [0, 0.05) is 13.1 Å². The third-order valence-electron chi connectivity index (χ3n) is 5.02. The average molecular weight is 320 g/mol. The molecule has 1 atom stereocenters. The fourth-order valence-corrected chi connectivity index (χ4v) is 3.65. The Balaban J connectivity index is 1.57. The smallest absolute Gasteiger partial charge is 0.251 e. The highest BCUT2D eigenvalue weighted by Crippen LogP contribution is 2.29. The number of amides is 2. The number of hydrogen-bond acceptors (Lipinski definition) is 3. The fourth-order valence-electron chi connectivity index (χ4n) is 3.65. The van der Waals surface area contributed by atoms with Crippen LogP contribution in [0.25, 0.3) is 0 Å². The van der Waals surface area contributed by atoms with Crippen LogP contribution in [0.3, 0.4) is 0 Å². The second-order valence-corrected chi connectivity index (χ2v) is 6.61. The molecule has 2 heterocycles. The van der Waals surface area contributed by atoms with Gasteiger partial charge in [-0.15, -0.1) is 0 Å². The van der Waals surface area contributed by atoms with Crippen LogP contribution in [0.2, 0.25) is 0 Å². The zero-order valence-corrected chi connectivity index (χ0v) is 13.7. The summed E-state index contributed by atoms with van der Waals surface area (Å²) < 4.78 is 0. The Morgan fingerprint density at radius 3 is 2.42 bits per heavy atom. The molecule has 0 aliphatic carbocycles. The second-order valence-electron chi connectivity index (χ2n) is 6.61. The van der Waals surface area contributed by atoms with Gasteiger partial charge < -0.3 is 0 Å². The van der Waals surface area contributed by atoms with Gasteiger partial charge in [-0.2, -0.15) is 0 Å². The molecule has 2 aromatic carbocycles. The van der Waals surface area contributed by atoms with Crippen molar-refractivity contribution in [3.63, 3.8) is 0 Å². The van der Waals surface area contributed by atoms with Gasteiger partial charge in [-0.1, -0.05) is 42.0 Å². The van der Waals surface area contributed by atoms with Crippen molar-refractivity contribution in [2.24, 2.45) is 0 Å². The first-order valence-electron chi connectivity index (χ1n) is 8.38. The minimum absolute atomic E-state index is 0.0942. The van der Waals surface area contributed by atoms with Crippen LogP contribution in [0.15, 0.2) is 48.5 Å². The van der Waals surface area contributed by atoms with E-state index >= 15 is 0 Å². The largest absolute Gasteiger partial charge is 0.287 e. The SMILES string of the molecule is Cc1ccc(N2C(=O)C[C@H](N3CCc4ccccc4C3)C2=O)cc1. The third-order valence-corrected chi connectivity index (χ3v) is 5.02. The molecule has 0 radical (unpaired) electrons. The van der Waals surface area contributed by atoms with E-state index in [4.69, 9.17) is 0 Å². The Kier molecular flexibility index (Phi) is 3.69. The number of benzene rings is 2. The molecule has 0 spiro atoms. The number of fused-ring (bicyclic) bond motifs is 1. The topological polar surface area (TPSA) is 40.6 Å². The zero-order valence-electron chi connectivity index (χ0n) is 13.7. The number of anilines is 1. The van der Waals surface area contributed by atoms with Crippen LogP contribution in [0.1, 0.15) is 23.1 Å². The summed E-state index contributed by atoms with van der Waals surface area (Å²) in [6.45, 7) is 3.55. The van der Waals surface area contributed by atoms with Gasteiger partial charge in [-0.3, -0.25) is 14.5 Å². The summed E-state index contributed by atoms with van der Waals surface area (Å²) in [4.78, 5) is 28.8. The average Bonchev–Trinajstić information content (AvgIpc) is 2.90. The number of nitrogens with zero attached hydrogens (tertiary/aromatic N) is 2. The van der Waals surface area contributed by atoms with Gasteiger partial charge in [0.15, 0.2) is 0 Å². The first-order chi connectivity index (χ1) is 11.6. The molecule has 0 aromatic heterocycles. The van der Waals surface area contributed by atoms with Crippen LogP contribution in [0, 0.1) is 6.92 Å². The summed E-state index contributed by atoms with van der Waals surface area (Å²) in [6, 6.07) is 15.6. The van der Waals surface area contributed by atoms with E-state index in [0.29, 0.717) is 5.69 Å². The van der Waals surface area contributed by atoms with E-state index in [0.717, 1.165) is 25.1 Å². The maximum absolute atomic E-state index is 12.9. The summed E-state index contributed by atoms with van der Waals surface area (Å²) in [5.41, 5.74) is 4.40. The lowest BCUT2D eigenvalue weighted by atomic mass is 9.98. The standard InChI is InChI=1S/C20H20N2O2/c1-14-6-8-17(9-7-14)22-19(23)12-18(20(22)24)21-11-10-15-4-2-3-5-16(15)13-21/h2-9,18H,10-13H2,1H3/t18-/m0/s1. The van der Waals surface area contributed by atoms with E-state index in [9.17, 15) is 9.59 Å². The van der Waals surface area contributed by atoms with Gasteiger partial charge in [-0.25, -0.2) is 4.90 Å². The zero-order chi connectivity index (χ0) is 16.7. The Labute approximate surface area is 141 Å².